The second-order valence-electron chi connectivity index (χ2n) is 10.8. The fourth-order valence-corrected chi connectivity index (χ4v) is 5.11. The van der Waals surface area contributed by atoms with Gasteiger partial charge in [0.1, 0.15) is 6.04 Å². The fourth-order valence-electron chi connectivity index (χ4n) is 5.11. The minimum absolute atomic E-state index is 0.0645. The molecule has 2 atom stereocenters. The number of rotatable bonds is 4. The van der Waals surface area contributed by atoms with Crippen molar-refractivity contribution in [2.24, 2.45) is 11.3 Å². The van der Waals surface area contributed by atoms with Crippen LogP contribution in [0.25, 0.3) is 0 Å². The third-order valence-electron chi connectivity index (χ3n) is 7.26. The third kappa shape index (κ3) is 7.93. The average Bonchev–Trinajstić information content (AvgIpc) is 2.81. The van der Waals surface area contributed by atoms with Gasteiger partial charge in [0.2, 0.25) is 11.8 Å². The van der Waals surface area contributed by atoms with E-state index in [1.807, 2.05) is 20.8 Å². The Hall–Kier alpha value is -2.13. The molecule has 0 aliphatic carbocycles. The highest BCUT2D eigenvalue weighted by Crippen LogP contribution is 2.38. The summed E-state index contributed by atoms with van der Waals surface area (Å²) in [7, 11) is 0. The molecule has 0 bridgehead atoms. The van der Waals surface area contributed by atoms with Gasteiger partial charge in [0.15, 0.2) is 0 Å². The summed E-state index contributed by atoms with van der Waals surface area (Å²) in [5.41, 5.74) is -0.396. The number of amides is 2. The van der Waals surface area contributed by atoms with Crippen LogP contribution in [0.2, 0.25) is 0 Å². The molecular weight excluding hydrogens is 471 g/mol. The maximum Gasteiger partial charge on any atom is 0.416 e. The zero-order valence-corrected chi connectivity index (χ0v) is 21.6. The summed E-state index contributed by atoms with van der Waals surface area (Å²) >= 11 is 0. The monoisotopic (exact) mass is 511 g/mol. The molecule has 0 unspecified atom stereocenters. The molecule has 9 heteroatoms. The summed E-state index contributed by atoms with van der Waals surface area (Å²) in [5.74, 6) is -0.00240. The van der Waals surface area contributed by atoms with Crippen molar-refractivity contribution in [2.45, 2.75) is 84.1 Å². The Kier molecular flexibility index (Phi) is 9.80. The quantitative estimate of drug-likeness (QED) is 0.624. The Morgan fingerprint density at radius 3 is 2.33 bits per heavy atom. The van der Waals surface area contributed by atoms with Crippen molar-refractivity contribution in [3.63, 3.8) is 0 Å². The van der Waals surface area contributed by atoms with E-state index < -0.39 is 23.2 Å². The number of hydrogen-bond donors (Lipinski definition) is 2. The first-order valence-corrected chi connectivity index (χ1v) is 13.1. The van der Waals surface area contributed by atoms with E-state index in [2.05, 4.69) is 15.5 Å². The van der Waals surface area contributed by atoms with Gasteiger partial charge in [-0.2, -0.15) is 13.2 Å². The Morgan fingerprint density at radius 1 is 1.06 bits per heavy atom. The second-order valence-corrected chi connectivity index (χ2v) is 10.8. The minimum atomic E-state index is -4.34. The highest BCUT2D eigenvalue weighted by atomic mass is 19.4. The number of carbonyl (C=O) groups is 2. The van der Waals surface area contributed by atoms with Crippen molar-refractivity contribution in [2.75, 3.05) is 26.3 Å². The highest BCUT2D eigenvalue weighted by Gasteiger charge is 2.42. The molecule has 2 aliphatic heterocycles. The second kappa shape index (κ2) is 12.4. The number of hydrogen-bond acceptors (Lipinski definition) is 4. The lowest BCUT2D eigenvalue weighted by Gasteiger charge is -2.41. The number of nitrogens with one attached hydrogen (secondary N) is 2. The number of benzene rings is 1. The van der Waals surface area contributed by atoms with Gasteiger partial charge in [-0.05, 0) is 75.7 Å². The molecule has 36 heavy (non-hydrogen) atoms. The molecule has 3 rings (SSSR count). The SMILES string of the molecule is CC(C)C[C@@H]1NC(=O)C2(CCCCOC[C@@H](C)NC1=O)CCN(Cc1ccc(C(F)(F)F)cc1)CC2. The smallest absolute Gasteiger partial charge is 0.379 e. The van der Waals surface area contributed by atoms with Crippen molar-refractivity contribution >= 4 is 11.8 Å². The minimum Gasteiger partial charge on any atom is -0.379 e. The zero-order chi connectivity index (χ0) is 26.3. The molecule has 2 saturated heterocycles. The van der Waals surface area contributed by atoms with Gasteiger partial charge >= 0.3 is 6.18 Å². The molecule has 2 fully saturated rings. The molecule has 0 saturated carbocycles. The molecular formula is C27H40F3N3O3. The molecule has 2 aliphatic rings. The van der Waals surface area contributed by atoms with Crippen molar-refractivity contribution in [1.82, 2.24) is 15.5 Å². The number of likely N-dealkylation sites (tertiary alicyclic amines) is 1. The van der Waals surface area contributed by atoms with Gasteiger partial charge in [-0.3, -0.25) is 14.5 Å². The lowest BCUT2D eigenvalue weighted by atomic mass is 9.73. The van der Waals surface area contributed by atoms with Crippen LogP contribution in [-0.2, 0) is 27.0 Å². The number of carbonyl (C=O) groups excluding carboxylic acids is 2. The van der Waals surface area contributed by atoms with E-state index in [4.69, 9.17) is 4.74 Å². The largest absolute Gasteiger partial charge is 0.416 e. The van der Waals surface area contributed by atoms with Crippen molar-refractivity contribution in [3.05, 3.63) is 35.4 Å². The molecule has 2 N–H and O–H groups in total. The van der Waals surface area contributed by atoms with E-state index in [1.165, 1.54) is 12.1 Å². The third-order valence-corrected chi connectivity index (χ3v) is 7.26. The normalized spacial score (nSPS) is 25.0. The Labute approximate surface area is 212 Å². The van der Waals surface area contributed by atoms with Gasteiger partial charge in [-0.15, -0.1) is 0 Å². The Morgan fingerprint density at radius 2 is 1.72 bits per heavy atom. The van der Waals surface area contributed by atoms with E-state index >= 15 is 0 Å². The molecule has 202 valence electrons. The van der Waals surface area contributed by atoms with Gasteiger partial charge < -0.3 is 15.4 Å². The predicted molar refractivity (Wildman–Crippen MR) is 132 cm³/mol. The van der Waals surface area contributed by atoms with Gasteiger partial charge in [0.25, 0.3) is 0 Å². The van der Waals surface area contributed by atoms with Crippen LogP contribution in [0.5, 0.6) is 0 Å². The fraction of sp³-hybridized carbons (Fsp3) is 0.704. The van der Waals surface area contributed by atoms with E-state index in [0.717, 1.165) is 37.0 Å². The number of nitrogens with zero attached hydrogens (tertiary/aromatic N) is 1. The summed E-state index contributed by atoms with van der Waals surface area (Å²) in [4.78, 5) is 28.8. The van der Waals surface area contributed by atoms with Crippen LogP contribution in [0, 0.1) is 11.3 Å². The van der Waals surface area contributed by atoms with Gasteiger partial charge in [0, 0.05) is 19.2 Å². The van der Waals surface area contributed by atoms with E-state index in [1.54, 1.807) is 0 Å². The Balaban J connectivity index is 1.69. The summed E-state index contributed by atoms with van der Waals surface area (Å²) in [6.07, 6.45) is -0.0660. The molecule has 6 nitrogen and oxygen atoms in total. The molecule has 1 spiro atoms. The van der Waals surface area contributed by atoms with Crippen LogP contribution in [-0.4, -0.2) is 55.1 Å². The number of halogens is 3. The van der Waals surface area contributed by atoms with Crippen LogP contribution in [0.4, 0.5) is 13.2 Å². The topological polar surface area (TPSA) is 70.7 Å². The van der Waals surface area contributed by atoms with E-state index in [9.17, 15) is 22.8 Å². The van der Waals surface area contributed by atoms with Gasteiger partial charge in [-0.1, -0.05) is 32.4 Å². The van der Waals surface area contributed by atoms with Crippen LogP contribution in [0.1, 0.15) is 70.4 Å². The molecule has 2 amide bonds. The van der Waals surface area contributed by atoms with E-state index in [0.29, 0.717) is 52.1 Å². The first-order chi connectivity index (χ1) is 17.0. The summed E-state index contributed by atoms with van der Waals surface area (Å²) in [5, 5.41) is 6.06. The summed E-state index contributed by atoms with van der Waals surface area (Å²) in [6.45, 7) is 8.88. The lowest BCUT2D eigenvalue weighted by molar-refractivity contribution is -0.138. The first kappa shape index (κ1) is 28.4. The van der Waals surface area contributed by atoms with Crippen LogP contribution in [0.3, 0.4) is 0 Å². The molecule has 1 aromatic rings. The number of piperidine rings is 1. The number of alkyl halides is 3. The summed E-state index contributed by atoms with van der Waals surface area (Å²) in [6, 6.07) is 4.55. The van der Waals surface area contributed by atoms with Crippen LogP contribution in [0.15, 0.2) is 24.3 Å². The molecule has 1 aromatic carbocycles. The lowest BCUT2D eigenvalue weighted by Crippen LogP contribution is -2.55. The van der Waals surface area contributed by atoms with Crippen molar-refractivity contribution in [3.8, 4) is 0 Å². The first-order valence-electron chi connectivity index (χ1n) is 13.1. The highest BCUT2D eigenvalue weighted by molar-refractivity contribution is 5.90. The summed E-state index contributed by atoms with van der Waals surface area (Å²) < 4.78 is 44.3. The predicted octanol–water partition coefficient (Wildman–Crippen LogP) is 4.52. The van der Waals surface area contributed by atoms with E-state index in [-0.39, 0.29) is 23.8 Å². The number of ether oxygens (including phenoxy) is 1. The van der Waals surface area contributed by atoms with Gasteiger partial charge in [-0.25, -0.2) is 0 Å². The Bertz CT molecular complexity index is 865. The van der Waals surface area contributed by atoms with Crippen molar-refractivity contribution < 1.29 is 27.5 Å². The molecule has 0 radical (unpaired) electrons. The standard InChI is InChI=1S/C27H40F3N3O3/c1-19(2)16-23-24(34)31-20(3)18-36-15-5-4-10-26(25(35)32-23)11-13-33(14-12-26)17-21-6-8-22(9-7-21)27(28,29)30/h6-9,19-20,23H,4-5,10-18H2,1-3H3,(H,31,34)(H,32,35)/t20-,23+/m1/s1. The maximum atomic E-state index is 13.7. The molecule has 0 aromatic heterocycles. The van der Waals surface area contributed by atoms with Crippen LogP contribution >= 0.6 is 0 Å². The molecule has 2 heterocycles. The maximum absolute atomic E-state index is 13.7. The van der Waals surface area contributed by atoms with Crippen molar-refractivity contribution in [1.29, 1.82) is 0 Å². The average molecular weight is 512 g/mol. The van der Waals surface area contributed by atoms with Gasteiger partial charge in [0.05, 0.1) is 17.6 Å². The zero-order valence-electron chi connectivity index (χ0n) is 21.6. The van der Waals surface area contributed by atoms with Crippen LogP contribution < -0.4 is 10.6 Å².